The zero-order chi connectivity index (χ0) is 13.0. The average molecular weight is 284 g/mol. The maximum absolute atomic E-state index is 5.81. The van der Waals surface area contributed by atoms with E-state index in [9.17, 15) is 0 Å². The highest BCUT2D eigenvalue weighted by atomic mass is 35.5. The minimum atomic E-state index is -0.0298. The second kappa shape index (κ2) is 5.92. The van der Waals surface area contributed by atoms with Gasteiger partial charge < -0.3 is 4.74 Å². The van der Waals surface area contributed by atoms with Gasteiger partial charge in [-0.15, -0.1) is 0 Å². The predicted molar refractivity (Wildman–Crippen MR) is 66.8 cm³/mol. The van der Waals surface area contributed by atoms with Gasteiger partial charge in [-0.3, -0.25) is 4.98 Å². The molecule has 0 aliphatic carbocycles. The van der Waals surface area contributed by atoms with Gasteiger partial charge in [0, 0.05) is 12.4 Å². The van der Waals surface area contributed by atoms with E-state index in [2.05, 4.69) is 24.9 Å². The molecule has 0 radical (unpaired) electrons. The standard InChI is InChI=1S/C10H10ClN5OS/c1-6(2)17-9-14-8(11)15-10(16-9)18-7-5-12-3-4-13-7/h3-6H,1-2H3. The van der Waals surface area contributed by atoms with Crippen LogP contribution < -0.4 is 4.74 Å². The van der Waals surface area contributed by atoms with Gasteiger partial charge in [0.1, 0.15) is 5.03 Å². The molecule has 0 unspecified atom stereocenters. The van der Waals surface area contributed by atoms with E-state index in [1.54, 1.807) is 18.6 Å². The lowest BCUT2D eigenvalue weighted by Crippen LogP contribution is -2.09. The first kappa shape index (κ1) is 13.0. The fourth-order valence-corrected chi connectivity index (χ4v) is 1.93. The zero-order valence-electron chi connectivity index (χ0n) is 9.74. The quantitative estimate of drug-likeness (QED) is 0.852. The Balaban J connectivity index is 2.20. The van der Waals surface area contributed by atoms with Gasteiger partial charge in [0.05, 0.1) is 12.3 Å². The van der Waals surface area contributed by atoms with Crippen molar-refractivity contribution in [2.45, 2.75) is 30.1 Å². The fraction of sp³-hybridized carbons (Fsp3) is 0.300. The molecule has 0 fully saturated rings. The number of rotatable bonds is 4. The first-order valence-electron chi connectivity index (χ1n) is 5.15. The molecule has 0 saturated heterocycles. The van der Waals surface area contributed by atoms with Crippen LogP contribution in [0.3, 0.4) is 0 Å². The van der Waals surface area contributed by atoms with Crippen LogP contribution in [0.1, 0.15) is 13.8 Å². The van der Waals surface area contributed by atoms with Gasteiger partial charge in [-0.25, -0.2) is 4.98 Å². The van der Waals surface area contributed by atoms with Gasteiger partial charge in [0.15, 0.2) is 0 Å². The minimum Gasteiger partial charge on any atom is -0.461 e. The SMILES string of the molecule is CC(C)Oc1nc(Cl)nc(Sc2cnccn2)n1. The third-order valence-electron chi connectivity index (χ3n) is 1.64. The van der Waals surface area contributed by atoms with E-state index in [1.807, 2.05) is 13.8 Å². The Bertz CT molecular complexity index is 525. The van der Waals surface area contributed by atoms with Crippen molar-refractivity contribution in [3.63, 3.8) is 0 Å². The summed E-state index contributed by atoms with van der Waals surface area (Å²) in [6, 6.07) is 0.205. The monoisotopic (exact) mass is 283 g/mol. The van der Waals surface area contributed by atoms with Crippen LogP contribution >= 0.6 is 23.4 Å². The highest BCUT2D eigenvalue weighted by molar-refractivity contribution is 7.99. The molecule has 0 atom stereocenters. The molecule has 18 heavy (non-hydrogen) atoms. The maximum atomic E-state index is 5.81. The van der Waals surface area contributed by atoms with E-state index in [1.165, 1.54) is 11.8 Å². The molecule has 6 nitrogen and oxygen atoms in total. The Morgan fingerprint density at radius 3 is 2.72 bits per heavy atom. The summed E-state index contributed by atoms with van der Waals surface area (Å²) >= 11 is 7.05. The second-order valence-corrected chi connectivity index (χ2v) is 4.81. The van der Waals surface area contributed by atoms with E-state index in [4.69, 9.17) is 16.3 Å². The van der Waals surface area contributed by atoms with Crippen molar-refractivity contribution in [2.24, 2.45) is 0 Å². The molecule has 2 aromatic heterocycles. The normalized spacial score (nSPS) is 10.7. The van der Waals surface area contributed by atoms with E-state index < -0.39 is 0 Å². The molecule has 0 aliphatic rings. The molecule has 0 N–H and O–H groups in total. The predicted octanol–water partition coefficient (Wildman–Crippen LogP) is 2.25. The van der Waals surface area contributed by atoms with Crippen molar-refractivity contribution in [2.75, 3.05) is 0 Å². The number of hydrogen-bond acceptors (Lipinski definition) is 7. The lowest BCUT2D eigenvalue weighted by molar-refractivity contribution is 0.219. The van der Waals surface area contributed by atoms with Crippen LogP contribution in [0.2, 0.25) is 5.28 Å². The molecule has 0 amide bonds. The van der Waals surface area contributed by atoms with Crippen molar-refractivity contribution < 1.29 is 4.74 Å². The van der Waals surface area contributed by atoms with Crippen LogP contribution in [0.15, 0.2) is 28.8 Å². The van der Waals surface area contributed by atoms with Gasteiger partial charge >= 0.3 is 6.01 Å². The first-order chi connectivity index (χ1) is 8.63. The fourth-order valence-electron chi connectivity index (χ4n) is 1.06. The van der Waals surface area contributed by atoms with Crippen molar-refractivity contribution in [3.8, 4) is 6.01 Å². The van der Waals surface area contributed by atoms with E-state index >= 15 is 0 Å². The molecule has 0 aliphatic heterocycles. The Hall–Kier alpha value is -1.47. The molecular weight excluding hydrogens is 274 g/mol. The Kier molecular flexibility index (Phi) is 4.27. The zero-order valence-corrected chi connectivity index (χ0v) is 11.3. The van der Waals surface area contributed by atoms with Crippen LogP contribution in [0.25, 0.3) is 0 Å². The molecule has 94 valence electrons. The summed E-state index contributed by atoms with van der Waals surface area (Å²) in [6.45, 7) is 3.76. The number of hydrogen-bond donors (Lipinski definition) is 0. The van der Waals surface area contributed by atoms with E-state index in [0.717, 1.165) is 0 Å². The topological polar surface area (TPSA) is 73.7 Å². The molecule has 8 heteroatoms. The smallest absolute Gasteiger partial charge is 0.322 e. The van der Waals surface area contributed by atoms with E-state index in [-0.39, 0.29) is 17.4 Å². The molecule has 2 aromatic rings. The maximum Gasteiger partial charge on any atom is 0.322 e. The second-order valence-electron chi connectivity index (χ2n) is 3.48. The summed E-state index contributed by atoms with van der Waals surface area (Å²) in [5.41, 5.74) is 0. The number of nitrogens with zero attached hydrogens (tertiary/aromatic N) is 5. The Morgan fingerprint density at radius 1 is 1.22 bits per heavy atom. The van der Waals surface area contributed by atoms with Gasteiger partial charge in [-0.1, -0.05) is 0 Å². The number of ether oxygens (including phenoxy) is 1. The van der Waals surface area contributed by atoms with Crippen molar-refractivity contribution in [1.29, 1.82) is 0 Å². The highest BCUT2D eigenvalue weighted by Crippen LogP contribution is 2.23. The minimum absolute atomic E-state index is 0.0298. The molecule has 2 heterocycles. The third kappa shape index (κ3) is 3.78. The van der Waals surface area contributed by atoms with Crippen LogP contribution in [0.5, 0.6) is 6.01 Å². The summed E-state index contributed by atoms with van der Waals surface area (Å²) in [7, 11) is 0. The molecule has 0 aromatic carbocycles. The van der Waals surface area contributed by atoms with Crippen LogP contribution in [-0.2, 0) is 0 Å². The third-order valence-corrected chi connectivity index (χ3v) is 2.60. The van der Waals surface area contributed by atoms with Gasteiger partial charge in [-0.2, -0.15) is 15.0 Å². The number of halogens is 1. The molecular formula is C10H10ClN5OS. The largest absolute Gasteiger partial charge is 0.461 e. The summed E-state index contributed by atoms with van der Waals surface area (Å²) in [5, 5.41) is 1.19. The molecule has 0 spiro atoms. The lowest BCUT2D eigenvalue weighted by atomic mass is 10.5. The Morgan fingerprint density at radius 2 is 2.06 bits per heavy atom. The highest BCUT2D eigenvalue weighted by Gasteiger charge is 2.09. The Labute approximate surface area is 113 Å². The van der Waals surface area contributed by atoms with Gasteiger partial charge in [-0.05, 0) is 37.2 Å². The molecule has 0 bridgehead atoms. The summed E-state index contributed by atoms with van der Waals surface area (Å²) in [5.74, 6) is 0. The van der Waals surface area contributed by atoms with Gasteiger partial charge in [0.2, 0.25) is 10.4 Å². The lowest BCUT2D eigenvalue weighted by Gasteiger charge is -2.08. The van der Waals surface area contributed by atoms with Gasteiger partial charge in [0.25, 0.3) is 0 Å². The van der Waals surface area contributed by atoms with Crippen molar-refractivity contribution >= 4 is 23.4 Å². The van der Waals surface area contributed by atoms with Crippen LogP contribution in [0.4, 0.5) is 0 Å². The summed E-state index contributed by atoms with van der Waals surface area (Å²) < 4.78 is 5.38. The average Bonchev–Trinajstić information content (AvgIpc) is 2.28. The van der Waals surface area contributed by atoms with Crippen LogP contribution in [0, 0.1) is 0 Å². The summed E-state index contributed by atoms with van der Waals surface area (Å²) in [4.78, 5) is 20.1. The van der Waals surface area contributed by atoms with Crippen LogP contribution in [-0.4, -0.2) is 31.0 Å². The van der Waals surface area contributed by atoms with E-state index in [0.29, 0.717) is 10.2 Å². The molecule has 0 saturated carbocycles. The molecule has 2 rings (SSSR count). The summed E-state index contributed by atoms with van der Waals surface area (Å²) in [6.07, 6.45) is 4.78. The first-order valence-corrected chi connectivity index (χ1v) is 6.35. The van der Waals surface area contributed by atoms with Crippen molar-refractivity contribution in [1.82, 2.24) is 24.9 Å². The number of aromatic nitrogens is 5. The van der Waals surface area contributed by atoms with Crippen molar-refractivity contribution in [3.05, 3.63) is 23.9 Å².